The number of hydrogen-bond acceptors (Lipinski definition) is 4. The normalized spacial score (nSPS) is 20.2. The topological polar surface area (TPSA) is 66.9 Å². The lowest BCUT2D eigenvalue weighted by molar-refractivity contribution is -0.118. The number of hydrogen-bond donors (Lipinski definition) is 0. The fourth-order valence-corrected chi connectivity index (χ4v) is 4.38. The van der Waals surface area contributed by atoms with Crippen LogP contribution in [0.2, 0.25) is 0 Å². The van der Waals surface area contributed by atoms with E-state index in [2.05, 4.69) is 0 Å². The first-order chi connectivity index (χ1) is 10.5. The van der Waals surface area contributed by atoms with Crippen molar-refractivity contribution in [1.82, 2.24) is 4.31 Å². The quantitative estimate of drug-likeness (QED) is 0.829. The van der Waals surface area contributed by atoms with Crippen LogP contribution in [0.3, 0.4) is 0 Å². The van der Waals surface area contributed by atoms with E-state index in [0.29, 0.717) is 37.6 Å². The molecule has 1 fully saturated rings. The van der Waals surface area contributed by atoms with Gasteiger partial charge in [-0.15, -0.1) is 0 Å². The average Bonchev–Trinajstić information content (AvgIpc) is 2.68. The zero-order valence-electron chi connectivity index (χ0n) is 12.6. The lowest BCUT2D eigenvalue weighted by Crippen LogP contribution is -2.35. The summed E-state index contributed by atoms with van der Waals surface area (Å²) in [7, 11) is -1.86. The molecular formula is C15H20N2O4S. The summed E-state index contributed by atoms with van der Waals surface area (Å²) in [6.07, 6.45) is 3.15. The summed E-state index contributed by atoms with van der Waals surface area (Å²) in [5.74, 6) is 0.470. The first-order valence-corrected chi connectivity index (χ1v) is 8.98. The lowest BCUT2D eigenvalue weighted by Gasteiger charge is -2.26. The SMILES string of the molecule is CN1C(=O)CCOc2ccc(S(=O)(=O)N3CCCCC3)cc21. The van der Waals surface area contributed by atoms with Crippen LogP contribution in [0.5, 0.6) is 5.75 Å². The van der Waals surface area contributed by atoms with Crippen molar-refractivity contribution in [1.29, 1.82) is 0 Å². The Hall–Kier alpha value is -1.60. The van der Waals surface area contributed by atoms with Gasteiger partial charge in [0.1, 0.15) is 5.75 Å². The summed E-state index contributed by atoms with van der Waals surface area (Å²) < 4.78 is 32.5. The third-order valence-corrected chi connectivity index (χ3v) is 6.09. The minimum atomic E-state index is -3.51. The molecule has 6 nitrogen and oxygen atoms in total. The van der Waals surface area contributed by atoms with Crippen LogP contribution in [0, 0.1) is 0 Å². The van der Waals surface area contributed by atoms with Gasteiger partial charge in [-0.3, -0.25) is 4.79 Å². The predicted octanol–water partition coefficient (Wildman–Crippen LogP) is 1.61. The molecule has 2 aliphatic heterocycles. The number of fused-ring (bicyclic) bond motifs is 1. The number of piperidine rings is 1. The molecule has 3 rings (SSSR count). The first kappa shape index (κ1) is 15.3. The molecule has 2 heterocycles. The summed E-state index contributed by atoms with van der Waals surface area (Å²) in [5.41, 5.74) is 0.514. The molecular weight excluding hydrogens is 304 g/mol. The van der Waals surface area contributed by atoms with Crippen LogP contribution in [-0.4, -0.2) is 45.4 Å². The highest BCUT2D eigenvalue weighted by Gasteiger charge is 2.28. The summed E-state index contributed by atoms with van der Waals surface area (Å²) >= 11 is 0. The zero-order chi connectivity index (χ0) is 15.7. The maximum absolute atomic E-state index is 12.7. The maximum atomic E-state index is 12.7. The molecule has 0 spiro atoms. The van der Waals surface area contributed by atoms with Gasteiger partial charge in [0.15, 0.2) is 0 Å². The molecule has 1 amide bonds. The first-order valence-electron chi connectivity index (χ1n) is 7.54. The second kappa shape index (κ2) is 5.89. The molecule has 0 bridgehead atoms. The minimum absolute atomic E-state index is 0.0775. The lowest BCUT2D eigenvalue weighted by atomic mass is 10.2. The Kier molecular flexibility index (Phi) is 4.10. The number of nitrogens with zero attached hydrogens (tertiary/aromatic N) is 2. The third-order valence-electron chi connectivity index (χ3n) is 4.19. The molecule has 22 heavy (non-hydrogen) atoms. The molecule has 0 aromatic heterocycles. The molecule has 2 aliphatic rings. The van der Waals surface area contributed by atoms with E-state index >= 15 is 0 Å². The van der Waals surface area contributed by atoms with Crippen molar-refractivity contribution < 1.29 is 17.9 Å². The van der Waals surface area contributed by atoms with Crippen LogP contribution in [-0.2, 0) is 14.8 Å². The highest BCUT2D eigenvalue weighted by molar-refractivity contribution is 7.89. The molecule has 0 aliphatic carbocycles. The molecule has 1 saturated heterocycles. The monoisotopic (exact) mass is 324 g/mol. The van der Waals surface area contributed by atoms with Gasteiger partial charge in [0.25, 0.3) is 0 Å². The Morgan fingerprint density at radius 2 is 1.86 bits per heavy atom. The molecule has 0 atom stereocenters. The fraction of sp³-hybridized carbons (Fsp3) is 0.533. The van der Waals surface area contributed by atoms with Gasteiger partial charge in [-0.05, 0) is 31.0 Å². The van der Waals surface area contributed by atoms with Gasteiger partial charge >= 0.3 is 0 Å². The summed E-state index contributed by atoms with van der Waals surface area (Å²) in [6, 6.07) is 4.75. The molecule has 120 valence electrons. The van der Waals surface area contributed by atoms with Crippen LogP contribution < -0.4 is 9.64 Å². The summed E-state index contributed by atoms with van der Waals surface area (Å²) in [5, 5.41) is 0. The van der Waals surface area contributed by atoms with Crippen LogP contribution >= 0.6 is 0 Å². The van der Waals surface area contributed by atoms with Crippen molar-refractivity contribution in [3.05, 3.63) is 18.2 Å². The molecule has 0 radical (unpaired) electrons. The maximum Gasteiger partial charge on any atom is 0.243 e. The van der Waals surface area contributed by atoms with Gasteiger partial charge in [-0.1, -0.05) is 6.42 Å². The Bertz CT molecular complexity index is 681. The highest BCUT2D eigenvalue weighted by Crippen LogP contribution is 2.34. The van der Waals surface area contributed by atoms with Gasteiger partial charge < -0.3 is 9.64 Å². The number of benzene rings is 1. The van der Waals surface area contributed by atoms with Crippen LogP contribution in [0.25, 0.3) is 0 Å². The van der Waals surface area contributed by atoms with Gasteiger partial charge in [0, 0.05) is 20.1 Å². The zero-order valence-corrected chi connectivity index (χ0v) is 13.4. The van der Waals surface area contributed by atoms with E-state index in [1.165, 1.54) is 9.21 Å². The average molecular weight is 324 g/mol. The van der Waals surface area contributed by atoms with Crippen molar-refractivity contribution in [2.45, 2.75) is 30.6 Å². The van der Waals surface area contributed by atoms with E-state index in [1.807, 2.05) is 0 Å². The van der Waals surface area contributed by atoms with Crippen molar-refractivity contribution in [2.75, 3.05) is 31.6 Å². The smallest absolute Gasteiger partial charge is 0.243 e. The molecule has 1 aromatic carbocycles. The number of amides is 1. The largest absolute Gasteiger partial charge is 0.491 e. The number of sulfonamides is 1. The van der Waals surface area contributed by atoms with Crippen LogP contribution in [0.15, 0.2) is 23.1 Å². The Morgan fingerprint density at radius 1 is 1.14 bits per heavy atom. The number of carbonyl (C=O) groups is 1. The number of anilines is 1. The van der Waals surface area contributed by atoms with Crippen molar-refractivity contribution >= 4 is 21.6 Å². The minimum Gasteiger partial charge on any atom is -0.491 e. The van der Waals surface area contributed by atoms with Gasteiger partial charge in [-0.2, -0.15) is 4.31 Å². The van der Waals surface area contributed by atoms with E-state index in [4.69, 9.17) is 4.74 Å². The van der Waals surface area contributed by atoms with E-state index in [1.54, 1.807) is 25.2 Å². The second-order valence-electron chi connectivity index (χ2n) is 5.65. The Balaban J connectivity index is 1.99. The molecule has 0 unspecified atom stereocenters. The van der Waals surface area contributed by atoms with Crippen LogP contribution in [0.1, 0.15) is 25.7 Å². The Labute approximate surface area is 130 Å². The van der Waals surface area contributed by atoms with Crippen molar-refractivity contribution in [3.63, 3.8) is 0 Å². The number of carbonyl (C=O) groups excluding carboxylic acids is 1. The second-order valence-corrected chi connectivity index (χ2v) is 7.58. The van der Waals surface area contributed by atoms with E-state index in [0.717, 1.165) is 19.3 Å². The molecule has 1 aromatic rings. The predicted molar refractivity (Wildman–Crippen MR) is 82.6 cm³/mol. The van der Waals surface area contributed by atoms with Crippen molar-refractivity contribution in [2.24, 2.45) is 0 Å². The van der Waals surface area contributed by atoms with E-state index in [9.17, 15) is 13.2 Å². The van der Waals surface area contributed by atoms with E-state index < -0.39 is 10.0 Å². The summed E-state index contributed by atoms with van der Waals surface area (Å²) in [6.45, 7) is 1.43. The highest BCUT2D eigenvalue weighted by atomic mass is 32.2. The Morgan fingerprint density at radius 3 is 2.59 bits per heavy atom. The van der Waals surface area contributed by atoms with Gasteiger partial charge in [-0.25, -0.2) is 8.42 Å². The fourth-order valence-electron chi connectivity index (χ4n) is 2.85. The van der Waals surface area contributed by atoms with E-state index in [-0.39, 0.29) is 10.8 Å². The van der Waals surface area contributed by atoms with Gasteiger partial charge in [0.05, 0.1) is 23.6 Å². The number of rotatable bonds is 2. The molecule has 0 saturated carbocycles. The molecule has 0 N–H and O–H groups in total. The summed E-state index contributed by atoms with van der Waals surface area (Å²) in [4.78, 5) is 13.6. The molecule has 7 heteroatoms. The van der Waals surface area contributed by atoms with Crippen molar-refractivity contribution in [3.8, 4) is 5.75 Å². The van der Waals surface area contributed by atoms with Crippen LogP contribution in [0.4, 0.5) is 5.69 Å². The van der Waals surface area contributed by atoms with Gasteiger partial charge in [0.2, 0.25) is 15.9 Å². The third kappa shape index (κ3) is 2.70. The standard InChI is InChI=1S/C15H20N2O4S/c1-16-13-11-12(5-6-14(13)21-10-7-15(16)18)22(19,20)17-8-3-2-4-9-17/h5-6,11H,2-4,7-10H2,1H3. The number of ether oxygens (including phenoxy) is 1.